The number of rotatable bonds is 5. The van der Waals surface area contributed by atoms with Gasteiger partial charge in [-0.2, -0.15) is 0 Å². The minimum Gasteiger partial charge on any atom is -0.350 e. The second kappa shape index (κ2) is 7.75. The number of nitrogens with zero attached hydrogens (tertiary/aromatic N) is 2. The van der Waals surface area contributed by atoms with Crippen molar-refractivity contribution in [3.63, 3.8) is 0 Å². The number of carbonyl (C=O) groups excluding carboxylic acids is 1. The highest BCUT2D eigenvalue weighted by atomic mass is 19.1. The van der Waals surface area contributed by atoms with Gasteiger partial charge in [0, 0.05) is 30.7 Å². The summed E-state index contributed by atoms with van der Waals surface area (Å²) in [4.78, 5) is 14.2. The lowest BCUT2D eigenvalue weighted by molar-refractivity contribution is 0.243. The van der Waals surface area contributed by atoms with Crippen LogP contribution in [0.4, 0.5) is 19.3 Å². The quantitative estimate of drug-likeness (QED) is 0.714. The van der Waals surface area contributed by atoms with Gasteiger partial charge in [-0.15, -0.1) is 0 Å². The predicted octanol–water partition coefficient (Wildman–Crippen LogP) is 3.88. The fraction of sp³-hybridized carbons (Fsp3) is 0.250. The van der Waals surface area contributed by atoms with Crippen LogP contribution in [0.15, 0.2) is 48.7 Å². The second-order valence-electron chi connectivity index (χ2n) is 6.62. The third-order valence-electron chi connectivity index (χ3n) is 4.57. The largest absolute Gasteiger partial charge is 0.350 e. The zero-order valence-corrected chi connectivity index (χ0v) is 15.5. The van der Waals surface area contributed by atoms with E-state index in [0.717, 1.165) is 28.6 Å². The zero-order chi connectivity index (χ0) is 19.6. The van der Waals surface area contributed by atoms with E-state index in [1.165, 1.54) is 6.07 Å². The molecule has 0 bridgehead atoms. The number of halogens is 2. The Kier molecular flexibility index (Phi) is 5.41. The maximum absolute atomic E-state index is 13.7. The van der Waals surface area contributed by atoms with Crippen molar-refractivity contribution in [2.45, 2.75) is 6.04 Å². The Balaban J connectivity index is 1.76. The number of aryl methyl sites for hydroxylation is 1. The lowest BCUT2D eigenvalue weighted by atomic mass is 10.0. The van der Waals surface area contributed by atoms with Crippen LogP contribution in [-0.2, 0) is 7.05 Å². The van der Waals surface area contributed by atoms with Crippen molar-refractivity contribution in [3.8, 4) is 0 Å². The van der Waals surface area contributed by atoms with Crippen molar-refractivity contribution in [1.29, 1.82) is 0 Å². The van der Waals surface area contributed by atoms with Crippen LogP contribution in [0.25, 0.3) is 10.9 Å². The van der Waals surface area contributed by atoms with E-state index in [0.29, 0.717) is 0 Å². The first-order chi connectivity index (χ1) is 12.9. The molecule has 0 radical (unpaired) electrons. The van der Waals surface area contributed by atoms with E-state index in [2.05, 4.69) is 10.6 Å². The van der Waals surface area contributed by atoms with Crippen molar-refractivity contribution in [3.05, 3.63) is 65.9 Å². The van der Waals surface area contributed by atoms with Crippen LogP contribution in [0.3, 0.4) is 0 Å². The first-order valence-electron chi connectivity index (χ1n) is 8.57. The molecule has 0 fully saturated rings. The summed E-state index contributed by atoms with van der Waals surface area (Å²) in [5.74, 6) is -1.63. The summed E-state index contributed by atoms with van der Waals surface area (Å²) >= 11 is 0. The van der Waals surface area contributed by atoms with Gasteiger partial charge in [0.1, 0.15) is 17.3 Å². The number of carbonyl (C=O) groups is 1. The van der Waals surface area contributed by atoms with Gasteiger partial charge < -0.3 is 20.1 Å². The lowest BCUT2D eigenvalue weighted by Crippen LogP contribution is -2.37. The number of amides is 2. The fourth-order valence-corrected chi connectivity index (χ4v) is 3.17. The summed E-state index contributed by atoms with van der Waals surface area (Å²) < 4.78 is 29.4. The highest BCUT2D eigenvalue weighted by molar-refractivity contribution is 5.89. The number of nitrogens with one attached hydrogen (secondary N) is 2. The van der Waals surface area contributed by atoms with Crippen LogP contribution < -0.4 is 10.6 Å². The van der Waals surface area contributed by atoms with Gasteiger partial charge in [0.05, 0.1) is 6.04 Å². The summed E-state index contributed by atoms with van der Waals surface area (Å²) in [5, 5.41) is 6.05. The molecule has 2 aromatic carbocycles. The molecule has 0 unspecified atom stereocenters. The van der Waals surface area contributed by atoms with E-state index in [4.69, 9.17) is 0 Å². The van der Waals surface area contributed by atoms with Gasteiger partial charge in [0.15, 0.2) is 0 Å². The van der Waals surface area contributed by atoms with E-state index >= 15 is 0 Å². The molecule has 0 aliphatic rings. The second-order valence-corrected chi connectivity index (χ2v) is 6.62. The van der Waals surface area contributed by atoms with Gasteiger partial charge in [-0.1, -0.05) is 24.3 Å². The van der Waals surface area contributed by atoms with E-state index in [-0.39, 0.29) is 12.6 Å². The van der Waals surface area contributed by atoms with E-state index in [1.54, 1.807) is 0 Å². The van der Waals surface area contributed by atoms with Gasteiger partial charge in [0.2, 0.25) is 0 Å². The van der Waals surface area contributed by atoms with Gasteiger partial charge in [0.25, 0.3) is 0 Å². The SMILES string of the molecule is CN(C)[C@H](CNC(=O)Nc1c(F)cccc1F)c1cn(C)c2ccccc12. The number of hydrogen-bond acceptors (Lipinski definition) is 2. The highest BCUT2D eigenvalue weighted by Gasteiger charge is 2.20. The van der Waals surface area contributed by atoms with Crippen molar-refractivity contribution < 1.29 is 13.6 Å². The van der Waals surface area contributed by atoms with Crippen LogP contribution in [-0.4, -0.2) is 36.1 Å². The average molecular weight is 372 g/mol. The number of benzene rings is 2. The van der Waals surface area contributed by atoms with Crippen molar-refractivity contribution in [2.24, 2.45) is 7.05 Å². The molecule has 0 saturated carbocycles. The van der Waals surface area contributed by atoms with E-state index in [9.17, 15) is 13.6 Å². The van der Waals surface area contributed by atoms with Crippen LogP contribution >= 0.6 is 0 Å². The first-order valence-corrected chi connectivity index (χ1v) is 8.57. The molecule has 0 aliphatic carbocycles. The highest BCUT2D eigenvalue weighted by Crippen LogP contribution is 2.28. The fourth-order valence-electron chi connectivity index (χ4n) is 3.17. The molecule has 3 rings (SSSR count). The topological polar surface area (TPSA) is 49.3 Å². The molecular weight excluding hydrogens is 350 g/mol. The third kappa shape index (κ3) is 3.93. The average Bonchev–Trinajstić information content (AvgIpc) is 2.95. The van der Waals surface area contributed by atoms with Crippen molar-refractivity contribution in [1.82, 2.24) is 14.8 Å². The van der Waals surface area contributed by atoms with Gasteiger partial charge >= 0.3 is 6.03 Å². The Bertz CT molecular complexity index is 948. The monoisotopic (exact) mass is 372 g/mol. The predicted molar refractivity (Wildman–Crippen MR) is 103 cm³/mol. The Labute approximate surface area is 156 Å². The number of para-hydroxylation sites is 2. The van der Waals surface area contributed by atoms with Gasteiger partial charge in [-0.25, -0.2) is 13.6 Å². The number of aromatic nitrogens is 1. The molecule has 5 nitrogen and oxygen atoms in total. The Hall–Kier alpha value is -2.93. The molecule has 0 saturated heterocycles. The zero-order valence-electron chi connectivity index (χ0n) is 15.5. The number of fused-ring (bicyclic) bond motifs is 1. The maximum Gasteiger partial charge on any atom is 0.319 e. The Morgan fingerprint density at radius 2 is 1.78 bits per heavy atom. The summed E-state index contributed by atoms with van der Waals surface area (Å²) in [7, 11) is 5.81. The standard InChI is InChI=1S/C20H22F2N4O/c1-25(2)18(14-12-26(3)17-10-5-4-7-13(14)17)11-23-20(27)24-19-15(21)8-6-9-16(19)22/h4-10,12,18H,11H2,1-3H3,(H2,23,24,27)/t18-/m1/s1. The normalized spacial score (nSPS) is 12.4. The van der Waals surface area contributed by atoms with Crippen LogP contribution in [0.2, 0.25) is 0 Å². The van der Waals surface area contributed by atoms with Crippen molar-refractivity contribution in [2.75, 3.05) is 26.0 Å². The Morgan fingerprint density at radius 1 is 1.11 bits per heavy atom. The third-order valence-corrected chi connectivity index (χ3v) is 4.57. The first kappa shape index (κ1) is 18.8. The molecule has 0 spiro atoms. The summed E-state index contributed by atoms with van der Waals surface area (Å²) in [6.07, 6.45) is 2.03. The molecule has 7 heteroatoms. The molecule has 0 aliphatic heterocycles. The minimum atomic E-state index is -0.816. The number of likely N-dealkylation sites (N-methyl/N-ethyl adjacent to an activating group) is 1. The molecule has 27 heavy (non-hydrogen) atoms. The number of anilines is 1. The van der Waals surface area contributed by atoms with E-state index < -0.39 is 23.4 Å². The molecule has 1 heterocycles. The maximum atomic E-state index is 13.7. The molecule has 1 atom stereocenters. The molecule has 2 amide bonds. The summed E-state index contributed by atoms with van der Waals surface area (Å²) in [6, 6.07) is 10.7. The smallest absolute Gasteiger partial charge is 0.319 e. The Morgan fingerprint density at radius 3 is 2.44 bits per heavy atom. The minimum absolute atomic E-state index is 0.104. The number of urea groups is 1. The van der Waals surface area contributed by atoms with Crippen LogP contribution in [0.5, 0.6) is 0 Å². The molecule has 2 N–H and O–H groups in total. The van der Waals surface area contributed by atoms with E-state index in [1.807, 2.05) is 61.1 Å². The number of hydrogen-bond donors (Lipinski definition) is 2. The molecule has 1 aromatic heterocycles. The van der Waals surface area contributed by atoms with Gasteiger partial charge in [-0.3, -0.25) is 0 Å². The lowest BCUT2D eigenvalue weighted by Gasteiger charge is -2.24. The summed E-state index contributed by atoms with van der Waals surface area (Å²) in [6.45, 7) is 0.281. The van der Waals surface area contributed by atoms with Crippen molar-refractivity contribution >= 4 is 22.6 Å². The molecule has 3 aromatic rings. The van der Waals surface area contributed by atoms with Gasteiger partial charge in [-0.05, 0) is 37.9 Å². The van der Waals surface area contributed by atoms with Crippen LogP contribution in [0.1, 0.15) is 11.6 Å². The molecule has 142 valence electrons. The molecular formula is C20H22F2N4O. The van der Waals surface area contributed by atoms with Crippen LogP contribution in [0, 0.1) is 11.6 Å². The summed E-state index contributed by atoms with van der Waals surface area (Å²) in [5.41, 5.74) is 1.70.